The van der Waals surface area contributed by atoms with Gasteiger partial charge in [-0.1, -0.05) is 51.1 Å². The van der Waals surface area contributed by atoms with E-state index in [0.717, 1.165) is 27.0 Å². The zero-order valence-corrected chi connectivity index (χ0v) is 13.7. The fourth-order valence-corrected chi connectivity index (χ4v) is 2.52. The van der Waals surface area contributed by atoms with Crippen LogP contribution in [0.25, 0.3) is 0 Å². The molecule has 106 valence electrons. The van der Waals surface area contributed by atoms with Crippen molar-refractivity contribution in [3.63, 3.8) is 0 Å². The smallest absolute Gasteiger partial charge is 0.136 e. The Kier molecular flexibility index (Phi) is 4.39. The molecule has 0 unspecified atom stereocenters. The topological polar surface area (TPSA) is 35.2 Å². The first-order valence-corrected chi connectivity index (χ1v) is 7.43. The van der Waals surface area contributed by atoms with Crippen molar-refractivity contribution < 1.29 is 4.74 Å². The van der Waals surface area contributed by atoms with Crippen LogP contribution in [-0.4, -0.2) is 0 Å². The summed E-state index contributed by atoms with van der Waals surface area (Å²) in [5.41, 5.74) is 9.19. The van der Waals surface area contributed by atoms with Gasteiger partial charge in [-0.3, -0.25) is 0 Å². The predicted molar refractivity (Wildman–Crippen MR) is 88.0 cm³/mol. The molecule has 0 aliphatic rings. The van der Waals surface area contributed by atoms with Gasteiger partial charge in [-0.15, -0.1) is 0 Å². The summed E-state index contributed by atoms with van der Waals surface area (Å²) in [7, 11) is 0. The fraction of sp³-hybridized carbons (Fsp3) is 0.294. The highest BCUT2D eigenvalue weighted by atomic mass is 79.9. The molecule has 0 saturated heterocycles. The molecule has 3 heteroatoms. The minimum atomic E-state index is 0.0184. The number of anilines is 1. The molecule has 0 spiro atoms. The van der Waals surface area contributed by atoms with Crippen molar-refractivity contribution in [3.05, 3.63) is 58.1 Å². The van der Waals surface area contributed by atoms with Crippen LogP contribution in [-0.2, 0) is 12.0 Å². The Balaban J connectivity index is 2.20. The van der Waals surface area contributed by atoms with Crippen molar-refractivity contribution >= 4 is 21.6 Å². The zero-order valence-electron chi connectivity index (χ0n) is 12.1. The van der Waals surface area contributed by atoms with Crippen LogP contribution in [0, 0.1) is 0 Å². The largest absolute Gasteiger partial charge is 0.488 e. The molecule has 2 aromatic rings. The van der Waals surface area contributed by atoms with Gasteiger partial charge in [0, 0.05) is 11.8 Å². The lowest BCUT2D eigenvalue weighted by molar-refractivity contribution is 0.304. The van der Waals surface area contributed by atoms with Crippen molar-refractivity contribution in [1.82, 2.24) is 0 Å². The number of ether oxygens (including phenoxy) is 1. The molecule has 0 saturated carbocycles. The van der Waals surface area contributed by atoms with Gasteiger partial charge >= 0.3 is 0 Å². The predicted octanol–water partition coefficient (Wildman–Crippen LogP) is 4.91. The van der Waals surface area contributed by atoms with Gasteiger partial charge in [0.25, 0.3) is 0 Å². The maximum atomic E-state index is 6.14. The fourth-order valence-electron chi connectivity index (χ4n) is 2.06. The number of rotatable bonds is 3. The quantitative estimate of drug-likeness (QED) is 0.810. The normalized spacial score (nSPS) is 11.4. The van der Waals surface area contributed by atoms with Crippen molar-refractivity contribution in [1.29, 1.82) is 0 Å². The molecule has 2 N–H and O–H groups in total. The first kappa shape index (κ1) is 14.9. The summed E-state index contributed by atoms with van der Waals surface area (Å²) < 4.78 is 6.78. The van der Waals surface area contributed by atoms with Gasteiger partial charge in [-0.05, 0) is 38.5 Å². The molecule has 0 aliphatic carbocycles. The number of halogens is 1. The molecule has 0 amide bonds. The van der Waals surface area contributed by atoms with E-state index in [2.05, 4.69) is 42.8 Å². The summed E-state index contributed by atoms with van der Waals surface area (Å²) in [6, 6.07) is 14.0. The third-order valence-electron chi connectivity index (χ3n) is 3.15. The molecule has 2 nitrogen and oxygen atoms in total. The third kappa shape index (κ3) is 3.54. The molecular weight excluding hydrogens is 314 g/mol. The summed E-state index contributed by atoms with van der Waals surface area (Å²) >= 11 is 3.57. The van der Waals surface area contributed by atoms with Crippen molar-refractivity contribution in [2.75, 3.05) is 5.73 Å². The van der Waals surface area contributed by atoms with Crippen LogP contribution < -0.4 is 10.5 Å². The maximum Gasteiger partial charge on any atom is 0.136 e. The second-order valence-corrected chi connectivity index (χ2v) is 6.75. The van der Waals surface area contributed by atoms with Crippen molar-refractivity contribution in [2.24, 2.45) is 0 Å². The Hall–Kier alpha value is -1.48. The average Bonchev–Trinajstić information content (AvgIpc) is 2.39. The van der Waals surface area contributed by atoms with Crippen LogP contribution in [0.15, 0.2) is 46.9 Å². The third-order valence-corrected chi connectivity index (χ3v) is 3.77. The van der Waals surface area contributed by atoms with E-state index in [0.29, 0.717) is 6.61 Å². The van der Waals surface area contributed by atoms with E-state index in [1.54, 1.807) is 0 Å². The molecular formula is C17H20BrNO. The van der Waals surface area contributed by atoms with E-state index in [1.807, 2.05) is 36.4 Å². The van der Waals surface area contributed by atoms with E-state index in [9.17, 15) is 0 Å². The molecule has 2 rings (SSSR count). The van der Waals surface area contributed by atoms with Crippen LogP contribution in [0.4, 0.5) is 5.69 Å². The molecule has 2 aromatic carbocycles. The summed E-state index contributed by atoms with van der Waals surface area (Å²) in [6.45, 7) is 6.98. The molecule has 0 aliphatic heterocycles. The van der Waals surface area contributed by atoms with Crippen LogP contribution in [0.3, 0.4) is 0 Å². The first-order valence-electron chi connectivity index (χ1n) is 6.64. The average molecular weight is 334 g/mol. The summed E-state index contributed by atoms with van der Waals surface area (Å²) in [5.74, 6) is 0.777. The number of hydrogen-bond acceptors (Lipinski definition) is 2. The number of nitrogens with two attached hydrogens (primary N) is 1. The van der Waals surface area contributed by atoms with Gasteiger partial charge in [0.1, 0.15) is 12.4 Å². The molecule has 0 aromatic heterocycles. The minimum Gasteiger partial charge on any atom is -0.488 e. The number of nitrogen functional groups attached to an aromatic ring is 1. The highest BCUT2D eigenvalue weighted by Gasteiger charge is 2.19. The van der Waals surface area contributed by atoms with Gasteiger partial charge in [0.15, 0.2) is 0 Å². The van der Waals surface area contributed by atoms with Gasteiger partial charge in [0.05, 0.1) is 4.47 Å². The Labute approximate surface area is 129 Å². The second kappa shape index (κ2) is 5.88. The number of hydrogen-bond donors (Lipinski definition) is 1. The lowest BCUT2D eigenvalue weighted by Crippen LogP contribution is -2.14. The van der Waals surface area contributed by atoms with E-state index >= 15 is 0 Å². The monoisotopic (exact) mass is 333 g/mol. The molecule has 0 radical (unpaired) electrons. The lowest BCUT2D eigenvalue weighted by atomic mass is 9.86. The highest BCUT2D eigenvalue weighted by molar-refractivity contribution is 9.10. The Morgan fingerprint density at radius 2 is 1.75 bits per heavy atom. The summed E-state index contributed by atoms with van der Waals surface area (Å²) in [4.78, 5) is 0. The SMILES string of the molecule is CC(C)(C)c1cc(Br)c(OCc2ccccc2)cc1N. The van der Waals surface area contributed by atoms with Crippen molar-refractivity contribution in [2.45, 2.75) is 32.8 Å². The first-order chi connectivity index (χ1) is 9.38. The maximum absolute atomic E-state index is 6.14. The van der Waals surface area contributed by atoms with Gasteiger partial charge in [-0.25, -0.2) is 0 Å². The Morgan fingerprint density at radius 1 is 1.10 bits per heavy atom. The van der Waals surface area contributed by atoms with E-state index in [1.165, 1.54) is 0 Å². The van der Waals surface area contributed by atoms with Gasteiger partial charge < -0.3 is 10.5 Å². The van der Waals surface area contributed by atoms with Gasteiger partial charge in [0.2, 0.25) is 0 Å². The molecule has 0 atom stereocenters. The Bertz CT molecular complexity index is 588. The van der Waals surface area contributed by atoms with E-state index < -0.39 is 0 Å². The summed E-state index contributed by atoms with van der Waals surface area (Å²) in [6.07, 6.45) is 0. The molecule has 0 heterocycles. The van der Waals surface area contributed by atoms with Crippen LogP contribution in [0.2, 0.25) is 0 Å². The zero-order chi connectivity index (χ0) is 14.8. The molecule has 20 heavy (non-hydrogen) atoms. The lowest BCUT2D eigenvalue weighted by Gasteiger charge is -2.22. The second-order valence-electron chi connectivity index (χ2n) is 5.89. The van der Waals surface area contributed by atoms with Crippen LogP contribution in [0.1, 0.15) is 31.9 Å². The molecule has 0 fully saturated rings. The van der Waals surface area contributed by atoms with Gasteiger partial charge in [-0.2, -0.15) is 0 Å². The van der Waals surface area contributed by atoms with Crippen LogP contribution in [0.5, 0.6) is 5.75 Å². The van der Waals surface area contributed by atoms with E-state index in [-0.39, 0.29) is 5.41 Å². The molecule has 0 bridgehead atoms. The Morgan fingerprint density at radius 3 is 2.35 bits per heavy atom. The van der Waals surface area contributed by atoms with Crippen LogP contribution >= 0.6 is 15.9 Å². The van der Waals surface area contributed by atoms with E-state index in [4.69, 9.17) is 10.5 Å². The standard InChI is InChI=1S/C17H20BrNO/c1-17(2,3)13-9-14(18)16(10-15(13)19)20-11-12-7-5-4-6-8-12/h4-10H,11,19H2,1-3H3. The number of benzene rings is 2. The highest BCUT2D eigenvalue weighted by Crippen LogP contribution is 2.36. The minimum absolute atomic E-state index is 0.0184. The summed E-state index contributed by atoms with van der Waals surface area (Å²) in [5, 5.41) is 0. The van der Waals surface area contributed by atoms with Crippen molar-refractivity contribution in [3.8, 4) is 5.75 Å².